The first-order chi connectivity index (χ1) is 19.6. The first-order valence-electron chi connectivity index (χ1n) is 15.1. The summed E-state index contributed by atoms with van der Waals surface area (Å²) in [7, 11) is 0. The van der Waals surface area contributed by atoms with Gasteiger partial charge in [0.05, 0.1) is 50.5 Å². The van der Waals surface area contributed by atoms with E-state index in [1.807, 2.05) is 19.9 Å². The molecule has 0 aromatic heterocycles. The topological polar surface area (TPSA) is 133 Å². The number of nitrogens with zero attached hydrogens (tertiary/aromatic N) is 3. The summed E-state index contributed by atoms with van der Waals surface area (Å²) in [6, 6.07) is -0.882. The number of hydrogen-bond acceptors (Lipinski definition) is 10. The smallest absolute Gasteiger partial charge is 0.335 e. The van der Waals surface area contributed by atoms with Crippen molar-refractivity contribution in [3.63, 3.8) is 0 Å². The zero-order valence-corrected chi connectivity index (χ0v) is 24.7. The predicted molar refractivity (Wildman–Crippen MR) is 156 cm³/mol. The van der Waals surface area contributed by atoms with Crippen LogP contribution in [0.25, 0.3) is 0 Å². The SMILES string of the molecule is C=C1C(N2CCOCC2)CC2[C@](C)(CC[C@@H](O)[C@@]2(C)CO)C1CC(NC(C)C(=O)CC1=NCC=N1)C1=CCOC1=O. The third-order valence-corrected chi connectivity index (χ3v) is 10.7. The second-order valence-corrected chi connectivity index (χ2v) is 13.0. The molecular formula is C31H46N4O6. The molecule has 5 unspecified atom stereocenters. The van der Waals surface area contributed by atoms with E-state index in [1.165, 1.54) is 0 Å². The van der Waals surface area contributed by atoms with Crippen molar-refractivity contribution in [1.82, 2.24) is 10.2 Å². The Kier molecular flexibility index (Phi) is 8.97. The van der Waals surface area contributed by atoms with Crippen molar-refractivity contribution in [3.8, 4) is 0 Å². The number of hydrogen-bond donors (Lipinski definition) is 3. The standard InChI is InChI=1S/C31H46N4O6/c1-19-22(15-23(21-6-12-41-29(21)39)34-20(2)25(37)17-28-32-8-9-33-28)30(3)7-5-27(38)31(4,18-36)26(30)16-24(19)35-10-13-40-14-11-35/h6,8,20,22-24,26-27,34,36,38H,1,5,7,9-18H2,2-4H3/t20?,22?,23?,24?,26?,27-,30-,31+/m1/s1. The number of aliphatic hydroxyl groups is 2. The lowest BCUT2D eigenvalue weighted by molar-refractivity contribution is -0.163. The van der Waals surface area contributed by atoms with Crippen molar-refractivity contribution in [2.45, 2.75) is 77.1 Å². The van der Waals surface area contributed by atoms with Crippen LogP contribution in [-0.4, -0.2) is 109 Å². The number of fused-ring (bicyclic) bond motifs is 1. The van der Waals surface area contributed by atoms with Crippen LogP contribution in [0.1, 0.15) is 52.9 Å². The van der Waals surface area contributed by atoms with Gasteiger partial charge in [0.2, 0.25) is 0 Å². The van der Waals surface area contributed by atoms with E-state index in [9.17, 15) is 19.8 Å². The molecule has 1 saturated heterocycles. The van der Waals surface area contributed by atoms with E-state index < -0.39 is 23.6 Å². The number of carbonyl (C=O) groups is 2. The quantitative estimate of drug-likeness (QED) is 0.267. The van der Waals surface area contributed by atoms with Gasteiger partial charge in [0.15, 0.2) is 5.78 Å². The van der Waals surface area contributed by atoms with Gasteiger partial charge in [-0.25, -0.2) is 9.79 Å². The highest BCUT2D eigenvalue weighted by atomic mass is 16.5. The number of carbonyl (C=O) groups excluding carboxylic acids is 2. The van der Waals surface area contributed by atoms with Crippen LogP contribution in [0.2, 0.25) is 0 Å². The van der Waals surface area contributed by atoms with Crippen LogP contribution in [0.3, 0.4) is 0 Å². The van der Waals surface area contributed by atoms with Gasteiger partial charge >= 0.3 is 5.97 Å². The number of aliphatic imine (C=N–C) groups is 2. The molecule has 3 aliphatic heterocycles. The molecule has 0 amide bonds. The van der Waals surface area contributed by atoms with Crippen LogP contribution < -0.4 is 5.32 Å². The molecule has 5 aliphatic rings. The van der Waals surface area contributed by atoms with E-state index >= 15 is 0 Å². The number of ether oxygens (including phenoxy) is 2. The Morgan fingerprint density at radius 1 is 1.32 bits per heavy atom. The van der Waals surface area contributed by atoms with Crippen molar-refractivity contribution in [3.05, 3.63) is 23.8 Å². The van der Waals surface area contributed by atoms with Crippen LogP contribution in [0, 0.1) is 22.7 Å². The van der Waals surface area contributed by atoms with Crippen molar-refractivity contribution >= 4 is 23.8 Å². The molecule has 0 aromatic carbocycles. The van der Waals surface area contributed by atoms with Gasteiger partial charge in [-0.3, -0.25) is 14.7 Å². The van der Waals surface area contributed by atoms with E-state index in [4.69, 9.17) is 16.1 Å². The number of Topliss-reactive ketones (excluding diaryl/α,β-unsaturated/α-hetero) is 1. The number of aliphatic hydroxyl groups excluding tert-OH is 2. The molecule has 10 heteroatoms. The van der Waals surface area contributed by atoms with Crippen molar-refractivity contribution in [1.29, 1.82) is 0 Å². The van der Waals surface area contributed by atoms with Crippen LogP contribution in [0.5, 0.6) is 0 Å². The average molecular weight is 571 g/mol. The first kappa shape index (κ1) is 30.2. The molecule has 2 aliphatic carbocycles. The molecule has 5 rings (SSSR count). The second kappa shape index (κ2) is 12.2. The number of amidine groups is 1. The average Bonchev–Trinajstić information content (AvgIpc) is 3.64. The number of cyclic esters (lactones) is 1. The predicted octanol–water partition coefficient (Wildman–Crippen LogP) is 1.70. The summed E-state index contributed by atoms with van der Waals surface area (Å²) in [5.41, 5.74) is 0.745. The maximum absolute atomic E-state index is 13.2. The summed E-state index contributed by atoms with van der Waals surface area (Å²) < 4.78 is 11.0. The summed E-state index contributed by atoms with van der Waals surface area (Å²) in [4.78, 5) is 36.9. The fourth-order valence-electron chi connectivity index (χ4n) is 8.15. The third kappa shape index (κ3) is 5.73. The van der Waals surface area contributed by atoms with E-state index in [2.05, 4.69) is 27.1 Å². The Bertz CT molecular complexity index is 1130. The van der Waals surface area contributed by atoms with Gasteiger partial charge in [-0.05, 0) is 55.9 Å². The number of rotatable bonds is 10. The number of esters is 1. The molecule has 8 atom stereocenters. The lowest BCUT2D eigenvalue weighted by atomic mass is 9.45. The minimum atomic E-state index is -0.656. The number of morpholine rings is 1. The number of ketones is 1. The molecule has 0 bridgehead atoms. The molecule has 3 N–H and O–H groups in total. The van der Waals surface area contributed by atoms with Crippen LogP contribution in [0.4, 0.5) is 0 Å². The van der Waals surface area contributed by atoms with Crippen molar-refractivity contribution in [2.75, 3.05) is 46.1 Å². The Balaban J connectivity index is 1.46. The maximum atomic E-state index is 13.2. The van der Waals surface area contributed by atoms with Crippen molar-refractivity contribution in [2.24, 2.45) is 32.7 Å². The fourth-order valence-corrected chi connectivity index (χ4v) is 8.15. The van der Waals surface area contributed by atoms with E-state index in [-0.39, 0.29) is 54.7 Å². The normalized spacial score (nSPS) is 37.3. The highest BCUT2D eigenvalue weighted by Crippen LogP contribution is 2.62. The Morgan fingerprint density at radius 3 is 2.71 bits per heavy atom. The highest BCUT2D eigenvalue weighted by Gasteiger charge is 2.60. The molecule has 0 spiro atoms. The molecule has 0 aromatic rings. The number of nitrogens with one attached hydrogen (secondary N) is 1. The van der Waals surface area contributed by atoms with Gasteiger partial charge in [-0.15, -0.1) is 0 Å². The monoisotopic (exact) mass is 570 g/mol. The molecule has 2 saturated carbocycles. The second-order valence-electron chi connectivity index (χ2n) is 13.0. The van der Waals surface area contributed by atoms with Crippen LogP contribution in [-0.2, 0) is 19.1 Å². The van der Waals surface area contributed by atoms with Crippen LogP contribution in [0.15, 0.2) is 33.8 Å². The maximum Gasteiger partial charge on any atom is 0.335 e. The van der Waals surface area contributed by atoms with Gasteiger partial charge in [0, 0.05) is 36.8 Å². The summed E-state index contributed by atoms with van der Waals surface area (Å²) in [6.45, 7) is 14.4. The summed E-state index contributed by atoms with van der Waals surface area (Å²) in [5.74, 6) is 0.151. The van der Waals surface area contributed by atoms with Gasteiger partial charge in [0.25, 0.3) is 0 Å². The third-order valence-electron chi connectivity index (χ3n) is 10.7. The lowest BCUT2D eigenvalue weighted by Gasteiger charge is -2.62. The van der Waals surface area contributed by atoms with Gasteiger partial charge in [-0.1, -0.05) is 26.0 Å². The molecule has 3 fully saturated rings. The first-order valence-corrected chi connectivity index (χ1v) is 15.1. The van der Waals surface area contributed by atoms with E-state index in [0.29, 0.717) is 44.0 Å². The summed E-state index contributed by atoms with van der Waals surface area (Å²) >= 11 is 0. The Labute approximate surface area is 243 Å². The molecule has 41 heavy (non-hydrogen) atoms. The minimum absolute atomic E-state index is 0.0228. The molecule has 226 valence electrons. The fraction of sp³-hybridized carbons (Fsp3) is 0.742. The molecule has 10 nitrogen and oxygen atoms in total. The Hall–Kier alpha value is -2.24. The largest absolute Gasteiger partial charge is 0.458 e. The molecular weight excluding hydrogens is 524 g/mol. The molecule has 0 radical (unpaired) electrons. The van der Waals surface area contributed by atoms with Crippen LogP contribution >= 0.6 is 0 Å². The minimum Gasteiger partial charge on any atom is -0.458 e. The highest BCUT2D eigenvalue weighted by molar-refractivity contribution is 6.07. The van der Waals surface area contributed by atoms with E-state index in [0.717, 1.165) is 31.5 Å². The zero-order chi connectivity index (χ0) is 29.4. The summed E-state index contributed by atoms with van der Waals surface area (Å²) in [6.07, 6.45) is 5.80. The van der Waals surface area contributed by atoms with Crippen molar-refractivity contribution < 1.29 is 29.3 Å². The van der Waals surface area contributed by atoms with Gasteiger partial charge in [0.1, 0.15) is 12.4 Å². The van der Waals surface area contributed by atoms with E-state index in [1.54, 1.807) is 6.21 Å². The van der Waals surface area contributed by atoms with Gasteiger partial charge < -0.3 is 25.0 Å². The summed E-state index contributed by atoms with van der Waals surface area (Å²) in [5, 5.41) is 25.3. The lowest BCUT2D eigenvalue weighted by Crippen LogP contribution is -2.62. The Morgan fingerprint density at radius 2 is 2.07 bits per heavy atom. The van der Waals surface area contributed by atoms with Gasteiger partial charge in [-0.2, -0.15) is 0 Å². The zero-order valence-electron chi connectivity index (χ0n) is 24.7. The molecule has 3 heterocycles.